The summed E-state index contributed by atoms with van der Waals surface area (Å²) < 4.78 is 0. The quantitative estimate of drug-likeness (QED) is 0.548. The van der Waals surface area contributed by atoms with E-state index in [2.05, 4.69) is 11.3 Å². The van der Waals surface area contributed by atoms with Crippen LogP contribution >= 0.6 is 11.6 Å². The maximum absolute atomic E-state index is 5.93. The lowest BCUT2D eigenvalue weighted by atomic mass is 9.89. The minimum Gasteiger partial charge on any atom is -0.300 e. The molecule has 2 rings (SSSR count). The second-order valence-electron chi connectivity index (χ2n) is 3.62. The molecule has 0 amide bonds. The summed E-state index contributed by atoms with van der Waals surface area (Å²) in [6.45, 7) is 2.54. The van der Waals surface area contributed by atoms with Crippen molar-refractivity contribution in [3.63, 3.8) is 0 Å². The molecule has 1 aliphatic carbocycles. The Bertz CT molecular complexity index is 126. The summed E-state index contributed by atoms with van der Waals surface area (Å²) in [7, 11) is 0. The summed E-state index contributed by atoms with van der Waals surface area (Å²) in [4.78, 5) is 2.60. The molecule has 0 aromatic carbocycles. The molecular formula is C9H15ClN. The number of halogens is 1. The molecule has 0 aromatic heterocycles. The van der Waals surface area contributed by atoms with E-state index < -0.39 is 0 Å². The SMILES string of the molecule is ClC1CC(N2CC[CH]CC2)C1. The highest BCUT2D eigenvalue weighted by Crippen LogP contribution is 2.31. The zero-order valence-corrected chi connectivity index (χ0v) is 7.56. The standard InChI is InChI=1S/C9H15ClN/c10-8-6-9(7-8)11-4-2-1-3-5-11/h1,8-9H,2-7H2. The molecular weight excluding hydrogens is 158 g/mol. The Morgan fingerprint density at radius 2 is 1.82 bits per heavy atom. The van der Waals surface area contributed by atoms with Gasteiger partial charge >= 0.3 is 0 Å². The molecule has 1 saturated heterocycles. The summed E-state index contributed by atoms with van der Waals surface area (Å²) in [6, 6.07) is 0.825. The van der Waals surface area contributed by atoms with Crippen LogP contribution in [0.3, 0.4) is 0 Å². The van der Waals surface area contributed by atoms with Gasteiger partial charge < -0.3 is 4.90 Å². The summed E-state index contributed by atoms with van der Waals surface area (Å²) in [5.74, 6) is 0. The molecule has 0 unspecified atom stereocenters. The van der Waals surface area contributed by atoms with E-state index in [0.717, 1.165) is 6.04 Å². The van der Waals surface area contributed by atoms with Gasteiger partial charge in [-0.3, -0.25) is 0 Å². The van der Waals surface area contributed by atoms with Crippen LogP contribution in [0.15, 0.2) is 0 Å². The van der Waals surface area contributed by atoms with Gasteiger partial charge in [0.05, 0.1) is 0 Å². The van der Waals surface area contributed by atoms with E-state index in [4.69, 9.17) is 11.6 Å². The summed E-state index contributed by atoms with van der Waals surface area (Å²) >= 11 is 5.93. The molecule has 1 heterocycles. The van der Waals surface area contributed by atoms with E-state index in [-0.39, 0.29) is 0 Å². The first kappa shape index (κ1) is 7.88. The molecule has 1 aliphatic heterocycles. The molecule has 1 nitrogen and oxygen atoms in total. The molecule has 0 bridgehead atoms. The highest BCUT2D eigenvalue weighted by atomic mass is 35.5. The van der Waals surface area contributed by atoms with Crippen LogP contribution in [-0.2, 0) is 0 Å². The monoisotopic (exact) mass is 172 g/mol. The summed E-state index contributed by atoms with van der Waals surface area (Å²) in [6.07, 6.45) is 7.41. The van der Waals surface area contributed by atoms with Crippen molar-refractivity contribution in [1.29, 1.82) is 0 Å². The van der Waals surface area contributed by atoms with Crippen LogP contribution in [0.25, 0.3) is 0 Å². The zero-order chi connectivity index (χ0) is 7.68. The van der Waals surface area contributed by atoms with Crippen molar-refractivity contribution >= 4 is 11.6 Å². The van der Waals surface area contributed by atoms with Crippen LogP contribution in [-0.4, -0.2) is 29.4 Å². The molecule has 1 saturated carbocycles. The minimum atomic E-state index is 0.478. The highest BCUT2D eigenvalue weighted by molar-refractivity contribution is 6.21. The Morgan fingerprint density at radius 3 is 2.36 bits per heavy atom. The van der Waals surface area contributed by atoms with E-state index in [9.17, 15) is 0 Å². The van der Waals surface area contributed by atoms with Gasteiger partial charge in [0.15, 0.2) is 0 Å². The Kier molecular flexibility index (Phi) is 2.38. The van der Waals surface area contributed by atoms with Crippen molar-refractivity contribution in [3.8, 4) is 0 Å². The van der Waals surface area contributed by atoms with Gasteiger partial charge in [-0.25, -0.2) is 0 Å². The van der Waals surface area contributed by atoms with Crippen molar-refractivity contribution < 1.29 is 0 Å². The van der Waals surface area contributed by atoms with E-state index in [1.807, 2.05) is 0 Å². The normalized spacial score (nSPS) is 40.1. The van der Waals surface area contributed by atoms with Gasteiger partial charge in [-0.1, -0.05) is 0 Å². The third-order valence-corrected chi connectivity index (χ3v) is 3.17. The molecule has 0 N–H and O–H groups in total. The van der Waals surface area contributed by atoms with Gasteiger partial charge in [0, 0.05) is 11.4 Å². The van der Waals surface area contributed by atoms with Gasteiger partial charge in [-0.05, 0) is 45.2 Å². The van der Waals surface area contributed by atoms with Crippen molar-refractivity contribution in [3.05, 3.63) is 6.42 Å². The highest BCUT2D eigenvalue weighted by Gasteiger charge is 2.32. The molecule has 0 spiro atoms. The van der Waals surface area contributed by atoms with Crippen LogP contribution in [0.1, 0.15) is 25.7 Å². The number of piperidine rings is 1. The van der Waals surface area contributed by atoms with Crippen LogP contribution < -0.4 is 0 Å². The Labute approximate surface area is 73.7 Å². The van der Waals surface area contributed by atoms with E-state index in [1.54, 1.807) is 0 Å². The number of alkyl halides is 1. The average Bonchev–Trinajstić information content (AvgIpc) is 2.01. The van der Waals surface area contributed by atoms with Gasteiger partial charge in [0.2, 0.25) is 0 Å². The third kappa shape index (κ3) is 1.70. The van der Waals surface area contributed by atoms with Crippen molar-refractivity contribution in [1.82, 2.24) is 4.90 Å². The number of hydrogen-bond donors (Lipinski definition) is 0. The number of nitrogens with zero attached hydrogens (tertiary/aromatic N) is 1. The number of hydrogen-bond acceptors (Lipinski definition) is 1. The van der Waals surface area contributed by atoms with Crippen LogP contribution in [0.4, 0.5) is 0 Å². The van der Waals surface area contributed by atoms with Crippen LogP contribution in [0.2, 0.25) is 0 Å². The Morgan fingerprint density at radius 1 is 1.18 bits per heavy atom. The van der Waals surface area contributed by atoms with Gasteiger partial charge in [-0.15, -0.1) is 11.6 Å². The van der Waals surface area contributed by atoms with Crippen LogP contribution in [0, 0.1) is 6.42 Å². The molecule has 2 aliphatic rings. The minimum absolute atomic E-state index is 0.478. The number of likely N-dealkylation sites (tertiary alicyclic amines) is 1. The van der Waals surface area contributed by atoms with Gasteiger partial charge in [-0.2, -0.15) is 0 Å². The smallest absolute Gasteiger partial charge is 0.0365 e. The fourth-order valence-corrected chi connectivity index (χ4v) is 2.37. The Hall–Kier alpha value is 0.250. The maximum atomic E-state index is 5.93. The predicted octanol–water partition coefficient (Wildman–Crippen LogP) is 2.06. The van der Waals surface area contributed by atoms with Gasteiger partial charge in [0.1, 0.15) is 0 Å². The first-order valence-corrected chi connectivity index (χ1v) is 4.99. The van der Waals surface area contributed by atoms with Crippen molar-refractivity contribution in [2.75, 3.05) is 13.1 Å². The van der Waals surface area contributed by atoms with Crippen LogP contribution in [0.5, 0.6) is 0 Å². The fourth-order valence-electron chi connectivity index (χ4n) is 1.96. The fraction of sp³-hybridized carbons (Fsp3) is 0.889. The predicted molar refractivity (Wildman–Crippen MR) is 47.8 cm³/mol. The average molecular weight is 173 g/mol. The first-order chi connectivity index (χ1) is 5.36. The lowest BCUT2D eigenvalue weighted by molar-refractivity contribution is 0.120. The lowest BCUT2D eigenvalue weighted by Crippen LogP contribution is -2.47. The van der Waals surface area contributed by atoms with E-state index in [1.165, 1.54) is 38.8 Å². The van der Waals surface area contributed by atoms with Crippen molar-refractivity contribution in [2.24, 2.45) is 0 Å². The molecule has 1 radical (unpaired) electrons. The summed E-state index contributed by atoms with van der Waals surface area (Å²) in [5.41, 5.74) is 0. The van der Waals surface area contributed by atoms with Gasteiger partial charge in [0.25, 0.3) is 0 Å². The molecule has 2 heteroatoms. The lowest BCUT2D eigenvalue weighted by Gasteiger charge is -2.42. The largest absolute Gasteiger partial charge is 0.300 e. The topological polar surface area (TPSA) is 3.24 Å². The molecule has 0 atom stereocenters. The second kappa shape index (κ2) is 3.32. The Balaban J connectivity index is 1.76. The second-order valence-corrected chi connectivity index (χ2v) is 4.24. The third-order valence-electron chi connectivity index (χ3n) is 2.81. The first-order valence-electron chi connectivity index (χ1n) is 4.56. The van der Waals surface area contributed by atoms with E-state index in [0.29, 0.717) is 5.38 Å². The molecule has 63 valence electrons. The van der Waals surface area contributed by atoms with E-state index >= 15 is 0 Å². The number of rotatable bonds is 1. The summed E-state index contributed by atoms with van der Waals surface area (Å²) in [5, 5.41) is 0.478. The maximum Gasteiger partial charge on any atom is 0.0365 e. The van der Waals surface area contributed by atoms with Crippen molar-refractivity contribution in [2.45, 2.75) is 37.1 Å². The molecule has 0 aromatic rings. The molecule has 2 fully saturated rings. The molecule has 11 heavy (non-hydrogen) atoms. The zero-order valence-electron chi connectivity index (χ0n) is 6.80.